The normalized spacial score (nSPS) is 20.6. The Morgan fingerprint density at radius 3 is 2.26 bits per heavy atom. The van der Waals surface area contributed by atoms with Crippen LogP contribution in [0.25, 0.3) is 0 Å². The molecule has 0 aliphatic carbocycles. The maximum atomic E-state index is 12.6. The van der Waals surface area contributed by atoms with Gasteiger partial charge in [0.2, 0.25) is 11.8 Å². The molecule has 2 amide bonds. The first-order chi connectivity index (χ1) is 12.8. The number of amides is 2. The van der Waals surface area contributed by atoms with Gasteiger partial charge in [-0.25, -0.2) is 0 Å². The highest BCUT2D eigenvalue weighted by Gasteiger charge is 2.39. The summed E-state index contributed by atoms with van der Waals surface area (Å²) in [6.07, 6.45) is 5.36. The Morgan fingerprint density at radius 2 is 1.63 bits per heavy atom. The van der Waals surface area contributed by atoms with E-state index in [-0.39, 0.29) is 22.6 Å². The van der Waals surface area contributed by atoms with Crippen LogP contribution < -0.4 is 0 Å². The highest BCUT2D eigenvalue weighted by Crippen LogP contribution is 2.42. The first-order valence-electron chi connectivity index (χ1n) is 10.4. The Balaban J connectivity index is 1.56. The van der Waals surface area contributed by atoms with Crippen LogP contribution >= 0.6 is 0 Å². The minimum atomic E-state index is 0.0406. The largest absolute Gasteiger partial charge is 0.343 e. The number of nitrogens with zero attached hydrogens (tertiary/aromatic N) is 2. The van der Waals surface area contributed by atoms with E-state index in [0.29, 0.717) is 19.4 Å². The summed E-state index contributed by atoms with van der Waals surface area (Å²) in [5.74, 6) is 0.565. The Hall–Kier alpha value is -1.84. The molecule has 1 spiro atoms. The molecule has 1 aromatic rings. The SMILES string of the molecule is CC(C)(C)CC(=O)N1CCC2(CCC(=O)N(Cc3ccccc3)CC2)CC1. The van der Waals surface area contributed by atoms with Gasteiger partial charge in [-0.15, -0.1) is 0 Å². The molecule has 2 aliphatic rings. The fraction of sp³-hybridized carbons (Fsp3) is 0.652. The molecule has 2 fully saturated rings. The van der Waals surface area contributed by atoms with Gasteiger partial charge in [-0.1, -0.05) is 51.1 Å². The summed E-state index contributed by atoms with van der Waals surface area (Å²) < 4.78 is 0. The summed E-state index contributed by atoms with van der Waals surface area (Å²) in [5.41, 5.74) is 1.47. The molecule has 27 heavy (non-hydrogen) atoms. The molecule has 0 saturated carbocycles. The van der Waals surface area contributed by atoms with Crippen LogP contribution in [0.2, 0.25) is 0 Å². The summed E-state index contributed by atoms with van der Waals surface area (Å²) >= 11 is 0. The van der Waals surface area contributed by atoms with Crippen molar-refractivity contribution < 1.29 is 9.59 Å². The molecule has 4 nitrogen and oxygen atoms in total. The summed E-state index contributed by atoms with van der Waals surface area (Å²) in [7, 11) is 0. The van der Waals surface area contributed by atoms with Gasteiger partial charge in [-0.2, -0.15) is 0 Å². The minimum Gasteiger partial charge on any atom is -0.343 e. The standard InChI is InChI=1S/C23H34N2O2/c1-22(2,3)17-21(27)24-14-11-23(12-15-24)10-9-20(26)25(16-13-23)18-19-7-5-4-6-8-19/h4-8H,9-18H2,1-3H3. The highest BCUT2D eigenvalue weighted by atomic mass is 16.2. The van der Waals surface area contributed by atoms with E-state index < -0.39 is 0 Å². The van der Waals surface area contributed by atoms with Crippen LogP contribution in [0.4, 0.5) is 0 Å². The highest BCUT2D eigenvalue weighted by molar-refractivity contribution is 5.77. The molecule has 2 saturated heterocycles. The third-order valence-corrected chi connectivity index (χ3v) is 6.21. The van der Waals surface area contributed by atoms with E-state index in [9.17, 15) is 9.59 Å². The molecule has 1 aromatic carbocycles. The second-order valence-corrected chi connectivity index (χ2v) is 9.67. The second kappa shape index (κ2) is 8.04. The zero-order valence-corrected chi connectivity index (χ0v) is 17.2. The van der Waals surface area contributed by atoms with E-state index in [4.69, 9.17) is 0 Å². The number of hydrogen-bond donors (Lipinski definition) is 0. The van der Waals surface area contributed by atoms with Gasteiger partial charge >= 0.3 is 0 Å². The predicted octanol–water partition coefficient (Wildman–Crippen LogP) is 4.24. The maximum absolute atomic E-state index is 12.6. The summed E-state index contributed by atoms with van der Waals surface area (Å²) in [6, 6.07) is 10.3. The number of rotatable bonds is 3. The number of carbonyl (C=O) groups excluding carboxylic acids is 2. The molecule has 2 aliphatic heterocycles. The lowest BCUT2D eigenvalue weighted by atomic mass is 9.72. The van der Waals surface area contributed by atoms with Gasteiger partial charge in [0.1, 0.15) is 0 Å². The number of likely N-dealkylation sites (tertiary alicyclic amines) is 2. The van der Waals surface area contributed by atoms with Crippen molar-refractivity contribution in [1.82, 2.24) is 9.80 Å². The molecule has 0 radical (unpaired) electrons. The van der Waals surface area contributed by atoms with E-state index in [1.807, 2.05) is 28.0 Å². The summed E-state index contributed by atoms with van der Waals surface area (Å²) in [4.78, 5) is 29.2. The van der Waals surface area contributed by atoms with Crippen molar-refractivity contribution in [2.24, 2.45) is 10.8 Å². The van der Waals surface area contributed by atoms with E-state index >= 15 is 0 Å². The predicted molar refractivity (Wildman–Crippen MR) is 108 cm³/mol. The molecule has 2 heterocycles. The fourth-order valence-electron chi connectivity index (χ4n) is 4.42. The number of piperidine rings is 1. The third kappa shape index (κ3) is 5.33. The molecular formula is C23H34N2O2. The van der Waals surface area contributed by atoms with Crippen molar-refractivity contribution >= 4 is 11.8 Å². The lowest BCUT2D eigenvalue weighted by Crippen LogP contribution is -2.44. The molecule has 4 heteroatoms. The van der Waals surface area contributed by atoms with Crippen LogP contribution in [0, 0.1) is 10.8 Å². The topological polar surface area (TPSA) is 40.6 Å². The molecule has 0 atom stereocenters. The zero-order valence-electron chi connectivity index (χ0n) is 17.2. The van der Waals surface area contributed by atoms with E-state index in [0.717, 1.165) is 45.3 Å². The number of hydrogen-bond acceptors (Lipinski definition) is 2. The van der Waals surface area contributed by atoms with Crippen molar-refractivity contribution in [2.45, 2.75) is 65.8 Å². The summed E-state index contributed by atoms with van der Waals surface area (Å²) in [5, 5.41) is 0. The van der Waals surface area contributed by atoms with Gasteiger partial charge in [0.05, 0.1) is 0 Å². The van der Waals surface area contributed by atoms with Crippen molar-refractivity contribution in [3.63, 3.8) is 0 Å². The zero-order chi connectivity index (χ0) is 19.5. The van der Waals surface area contributed by atoms with Crippen molar-refractivity contribution in [3.8, 4) is 0 Å². The molecule has 0 N–H and O–H groups in total. The molecule has 0 unspecified atom stereocenters. The monoisotopic (exact) mass is 370 g/mol. The average Bonchev–Trinajstić information content (AvgIpc) is 2.76. The average molecular weight is 371 g/mol. The molecule has 0 aromatic heterocycles. The smallest absolute Gasteiger partial charge is 0.223 e. The van der Waals surface area contributed by atoms with Crippen LogP contribution in [0.3, 0.4) is 0 Å². The molecule has 3 rings (SSSR count). The van der Waals surface area contributed by atoms with Crippen molar-refractivity contribution in [3.05, 3.63) is 35.9 Å². The second-order valence-electron chi connectivity index (χ2n) is 9.67. The molecular weight excluding hydrogens is 336 g/mol. The Morgan fingerprint density at radius 1 is 1.00 bits per heavy atom. The lowest BCUT2D eigenvalue weighted by molar-refractivity contribution is -0.135. The van der Waals surface area contributed by atoms with Gasteiger partial charge in [-0.05, 0) is 42.1 Å². The van der Waals surface area contributed by atoms with Crippen LogP contribution in [0.15, 0.2) is 30.3 Å². The van der Waals surface area contributed by atoms with E-state index in [1.165, 1.54) is 5.56 Å². The Kier molecular flexibility index (Phi) is 5.92. The van der Waals surface area contributed by atoms with Gasteiger partial charge in [0.25, 0.3) is 0 Å². The van der Waals surface area contributed by atoms with Crippen LogP contribution in [-0.2, 0) is 16.1 Å². The molecule has 0 bridgehead atoms. The van der Waals surface area contributed by atoms with E-state index in [2.05, 4.69) is 32.9 Å². The first-order valence-corrected chi connectivity index (χ1v) is 10.4. The minimum absolute atomic E-state index is 0.0406. The Bertz CT molecular complexity index is 655. The van der Waals surface area contributed by atoms with Gasteiger partial charge in [-0.3, -0.25) is 9.59 Å². The van der Waals surface area contributed by atoms with Crippen LogP contribution in [0.5, 0.6) is 0 Å². The van der Waals surface area contributed by atoms with E-state index in [1.54, 1.807) is 0 Å². The quantitative estimate of drug-likeness (QED) is 0.798. The number of benzene rings is 1. The first kappa shape index (κ1) is 19.9. The molecule has 148 valence electrons. The van der Waals surface area contributed by atoms with Crippen LogP contribution in [0.1, 0.15) is 64.9 Å². The Labute approximate surface area is 163 Å². The third-order valence-electron chi connectivity index (χ3n) is 6.21. The van der Waals surface area contributed by atoms with Gasteiger partial charge in [0, 0.05) is 39.0 Å². The maximum Gasteiger partial charge on any atom is 0.223 e. The fourth-order valence-corrected chi connectivity index (χ4v) is 4.42. The van der Waals surface area contributed by atoms with Crippen LogP contribution in [-0.4, -0.2) is 41.2 Å². The van der Waals surface area contributed by atoms with Gasteiger partial charge in [0.15, 0.2) is 0 Å². The van der Waals surface area contributed by atoms with Crippen molar-refractivity contribution in [2.75, 3.05) is 19.6 Å². The van der Waals surface area contributed by atoms with Gasteiger partial charge < -0.3 is 9.80 Å². The summed E-state index contributed by atoms with van der Waals surface area (Å²) in [6.45, 7) is 9.61. The lowest BCUT2D eigenvalue weighted by Gasteiger charge is -2.42. The van der Waals surface area contributed by atoms with Crippen molar-refractivity contribution in [1.29, 1.82) is 0 Å². The number of carbonyl (C=O) groups is 2.